The zero-order valence-corrected chi connectivity index (χ0v) is 10.9. The van der Waals surface area contributed by atoms with Crippen LogP contribution in [0.15, 0.2) is 12.1 Å². The minimum absolute atomic E-state index is 0.0703. The minimum Gasteiger partial charge on any atom is -0.207 e. The zero-order valence-electron chi connectivity index (χ0n) is 9.35. The molecular weight excluding hydrogens is 255 g/mol. The van der Waals surface area contributed by atoms with Crippen LogP contribution in [-0.2, 0) is 0 Å². The Balaban J connectivity index is 2.31. The van der Waals surface area contributed by atoms with Crippen LogP contribution in [0.5, 0.6) is 0 Å². The van der Waals surface area contributed by atoms with Gasteiger partial charge in [-0.05, 0) is 49.3 Å². The third-order valence-electron chi connectivity index (χ3n) is 3.46. The second kappa shape index (κ2) is 3.89. The number of halogens is 2. The molecule has 1 aromatic rings. The highest BCUT2D eigenvalue weighted by molar-refractivity contribution is 9.09. The largest absolute Gasteiger partial charge is 0.207 e. The Labute approximate surface area is 99.0 Å². The van der Waals surface area contributed by atoms with E-state index < -0.39 is 0 Å². The van der Waals surface area contributed by atoms with Crippen molar-refractivity contribution in [1.82, 2.24) is 0 Å². The van der Waals surface area contributed by atoms with Gasteiger partial charge in [0.2, 0.25) is 0 Å². The summed E-state index contributed by atoms with van der Waals surface area (Å²) in [6.45, 7) is 6.21. The minimum atomic E-state index is -0.0703. The molecule has 1 aromatic carbocycles. The van der Waals surface area contributed by atoms with Gasteiger partial charge >= 0.3 is 0 Å². The number of aryl methyl sites for hydroxylation is 2. The van der Waals surface area contributed by atoms with Crippen molar-refractivity contribution >= 4 is 15.9 Å². The Morgan fingerprint density at radius 2 is 1.87 bits per heavy atom. The summed E-state index contributed by atoms with van der Waals surface area (Å²) in [5.74, 6) is 1.27. The van der Waals surface area contributed by atoms with Gasteiger partial charge in [0, 0.05) is 10.4 Å². The van der Waals surface area contributed by atoms with Gasteiger partial charge in [0.25, 0.3) is 0 Å². The molecule has 1 saturated carbocycles. The normalized spacial score (nSPS) is 26.5. The lowest BCUT2D eigenvalue weighted by Gasteiger charge is -2.13. The Hall–Kier alpha value is -0.370. The van der Waals surface area contributed by atoms with Gasteiger partial charge in [0.15, 0.2) is 0 Å². The van der Waals surface area contributed by atoms with Crippen LogP contribution in [0.3, 0.4) is 0 Å². The summed E-state index contributed by atoms with van der Waals surface area (Å²) in [4.78, 5) is 0.187. The van der Waals surface area contributed by atoms with Crippen molar-refractivity contribution in [2.75, 3.05) is 0 Å². The Bertz CT molecular complexity index is 386. The van der Waals surface area contributed by atoms with Crippen LogP contribution in [0.4, 0.5) is 4.39 Å². The van der Waals surface area contributed by atoms with Gasteiger partial charge in [-0.3, -0.25) is 0 Å². The van der Waals surface area contributed by atoms with Crippen LogP contribution in [0.2, 0.25) is 0 Å². The summed E-state index contributed by atoms with van der Waals surface area (Å²) in [7, 11) is 0. The lowest BCUT2D eigenvalue weighted by atomic mass is 10.0. The van der Waals surface area contributed by atoms with E-state index in [0.717, 1.165) is 17.0 Å². The number of hydrogen-bond acceptors (Lipinski definition) is 0. The topological polar surface area (TPSA) is 0 Å². The molecule has 0 nitrogen and oxygen atoms in total. The molecule has 3 atom stereocenters. The summed E-state index contributed by atoms with van der Waals surface area (Å²) in [6, 6.07) is 3.63. The standard InChI is InChI=1S/C13H16BrF/c1-7-4-11(12(15)6-8(7)2)13(14)10-5-9(10)3/h4,6,9-10,13H,5H2,1-3H3. The smallest absolute Gasteiger partial charge is 0.127 e. The highest BCUT2D eigenvalue weighted by Crippen LogP contribution is 2.51. The van der Waals surface area contributed by atoms with Gasteiger partial charge in [-0.2, -0.15) is 0 Å². The molecule has 0 spiro atoms. The lowest BCUT2D eigenvalue weighted by molar-refractivity contribution is 0.594. The molecule has 0 N–H and O–H groups in total. The van der Waals surface area contributed by atoms with E-state index in [2.05, 4.69) is 22.9 Å². The van der Waals surface area contributed by atoms with Crippen LogP contribution >= 0.6 is 15.9 Å². The first-order valence-corrected chi connectivity index (χ1v) is 6.33. The van der Waals surface area contributed by atoms with Crippen molar-refractivity contribution in [1.29, 1.82) is 0 Å². The number of rotatable bonds is 2. The van der Waals surface area contributed by atoms with Crippen LogP contribution < -0.4 is 0 Å². The summed E-state index contributed by atoms with van der Waals surface area (Å²) >= 11 is 3.62. The van der Waals surface area contributed by atoms with E-state index in [1.165, 1.54) is 12.0 Å². The molecule has 82 valence electrons. The van der Waals surface area contributed by atoms with Crippen LogP contribution in [0.1, 0.15) is 34.9 Å². The fraction of sp³-hybridized carbons (Fsp3) is 0.538. The highest BCUT2D eigenvalue weighted by atomic mass is 79.9. The van der Waals surface area contributed by atoms with Crippen molar-refractivity contribution in [2.45, 2.75) is 32.0 Å². The summed E-state index contributed by atoms with van der Waals surface area (Å²) in [5, 5.41) is 0. The van der Waals surface area contributed by atoms with Crippen molar-refractivity contribution in [2.24, 2.45) is 11.8 Å². The van der Waals surface area contributed by atoms with E-state index in [-0.39, 0.29) is 10.6 Å². The van der Waals surface area contributed by atoms with E-state index in [1.54, 1.807) is 6.07 Å². The summed E-state index contributed by atoms with van der Waals surface area (Å²) in [5.41, 5.74) is 3.02. The Morgan fingerprint density at radius 1 is 1.33 bits per heavy atom. The molecule has 2 heteroatoms. The van der Waals surface area contributed by atoms with Gasteiger partial charge in [-0.1, -0.05) is 28.9 Å². The van der Waals surface area contributed by atoms with Gasteiger partial charge in [-0.25, -0.2) is 4.39 Å². The average Bonchev–Trinajstić information content (AvgIpc) is 2.88. The third kappa shape index (κ3) is 2.10. The molecular formula is C13H16BrF. The molecule has 0 aromatic heterocycles. The molecule has 0 aliphatic heterocycles. The number of hydrogen-bond donors (Lipinski definition) is 0. The fourth-order valence-electron chi connectivity index (χ4n) is 2.00. The molecule has 0 radical (unpaired) electrons. The molecule has 3 unspecified atom stereocenters. The molecule has 15 heavy (non-hydrogen) atoms. The molecule has 1 fully saturated rings. The van der Waals surface area contributed by atoms with Crippen LogP contribution in [0.25, 0.3) is 0 Å². The van der Waals surface area contributed by atoms with Gasteiger partial charge in [0.1, 0.15) is 5.82 Å². The molecule has 0 amide bonds. The van der Waals surface area contributed by atoms with E-state index in [0.29, 0.717) is 5.92 Å². The quantitative estimate of drug-likeness (QED) is 0.693. The number of alkyl halides is 1. The SMILES string of the molecule is Cc1cc(F)c(C(Br)C2CC2C)cc1C. The van der Waals surface area contributed by atoms with Crippen molar-refractivity contribution in [3.63, 3.8) is 0 Å². The van der Waals surface area contributed by atoms with E-state index >= 15 is 0 Å². The van der Waals surface area contributed by atoms with Crippen molar-refractivity contribution < 1.29 is 4.39 Å². The second-order valence-electron chi connectivity index (χ2n) is 4.74. The van der Waals surface area contributed by atoms with Crippen LogP contribution in [-0.4, -0.2) is 0 Å². The maximum Gasteiger partial charge on any atom is 0.127 e. The first kappa shape index (κ1) is 11.1. The van der Waals surface area contributed by atoms with Crippen molar-refractivity contribution in [3.05, 3.63) is 34.6 Å². The molecule has 1 aliphatic carbocycles. The first-order chi connectivity index (χ1) is 7.00. The summed E-state index contributed by atoms with van der Waals surface area (Å²) in [6.07, 6.45) is 1.21. The molecule has 0 heterocycles. The predicted molar refractivity (Wildman–Crippen MR) is 64.8 cm³/mol. The van der Waals surface area contributed by atoms with E-state index in [4.69, 9.17) is 0 Å². The van der Waals surface area contributed by atoms with E-state index in [9.17, 15) is 4.39 Å². The van der Waals surface area contributed by atoms with Crippen molar-refractivity contribution in [3.8, 4) is 0 Å². The zero-order chi connectivity index (χ0) is 11.2. The average molecular weight is 271 g/mol. The fourth-order valence-corrected chi connectivity index (χ4v) is 3.09. The third-order valence-corrected chi connectivity index (χ3v) is 4.63. The number of benzene rings is 1. The molecule has 1 aliphatic rings. The Morgan fingerprint density at radius 3 is 2.40 bits per heavy atom. The molecule has 0 saturated heterocycles. The van der Waals surface area contributed by atoms with Crippen LogP contribution in [0, 0.1) is 31.5 Å². The second-order valence-corrected chi connectivity index (χ2v) is 5.72. The first-order valence-electron chi connectivity index (χ1n) is 5.41. The lowest BCUT2D eigenvalue weighted by Crippen LogP contribution is -1.99. The summed E-state index contributed by atoms with van der Waals surface area (Å²) < 4.78 is 13.8. The van der Waals surface area contributed by atoms with E-state index in [1.807, 2.05) is 19.9 Å². The monoisotopic (exact) mass is 270 g/mol. The van der Waals surface area contributed by atoms with Gasteiger partial charge < -0.3 is 0 Å². The maximum absolute atomic E-state index is 13.8. The highest BCUT2D eigenvalue weighted by Gasteiger charge is 2.39. The molecule has 0 bridgehead atoms. The Kier molecular flexibility index (Phi) is 2.89. The predicted octanol–water partition coefficient (Wildman–Crippen LogP) is 4.53. The van der Waals surface area contributed by atoms with Gasteiger partial charge in [0.05, 0.1) is 0 Å². The molecule has 2 rings (SSSR count). The van der Waals surface area contributed by atoms with Gasteiger partial charge in [-0.15, -0.1) is 0 Å². The maximum atomic E-state index is 13.8.